The van der Waals surface area contributed by atoms with Crippen LogP contribution < -0.4 is 10.6 Å². The average Bonchev–Trinajstić information content (AvgIpc) is 2.87. The first-order valence-corrected chi connectivity index (χ1v) is 7.81. The summed E-state index contributed by atoms with van der Waals surface area (Å²) in [5.74, 6) is 0. The third kappa shape index (κ3) is 3.56. The van der Waals surface area contributed by atoms with Gasteiger partial charge in [-0.25, -0.2) is 9.78 Å². The summed E-state index contributed by atoms with van der Waals surface area (Å²) in [5.41, 5.74) is 1.81. The van der Waals surface area contributed by atoms with Gasteiger partial charge in [-0.2, -0.15) is 0 Å². The predicted molar refractivity (Wildman–Crippen MR) is 87.4 cm³/mol. The number of fused-ring (bicyclic) bond motifs is 1. The second kappa shape index (κ2) is 6.19. The van der Waals surface area contributed by atoms with Crippen LogP contribution in [0.4, 0.5) is 9.93 Å². The van der Waals surface area contributed by atoms with Crippen LogP contribution in [0.5, 0.6) is 0 Å². The highest BCUT2D eigenvalue weighted by Gasteiger charge is 2.07. The molecule has 5 nitrogen and oxygen atoms in total. The molecule has 0 radical (unpaired) electrons. The lowest BCUT2D eigenvalue weighted by molar-refractivity contribution is 0.251. The molecule has 0 spiro atoms. The maximum absolute atomic E-state index is 11.8. The van der Waals surface area contributed by atoms with Gasteiger partial charge < -0.3 is 5.32 Å². The lowest BCUT2D eigenvalue weighted by Gasteiger charge is -2.04. The van der Waals surface area contributed by atoms with E-state index in [1.165, 1.54) is 11.3 Å². The molecule has 7 heteroatoms. The lowest BCUT2D eigenvalue weighted by atomic mass is 10.3. The van der Waals surface area contributed by atoms with Gasteiger partial charge in [0.2, 0.25) is 0 Å². The zero-order chi connectivity index (χ0) is 14.7. The molecule has 0 saturated carbocycles. The lowest BCUT2D eigenvalue weighted by Crippen LogP contribution is -2.28. The van der Waals surface area contributed by atoms with Gasteiger partial charge in [-0.05, 0) is 29.8 Å². The molecule has 2 aromatic heterocycles. The van der Waals surface area contributed by atoms with Crippen LogP contribution in [0.3, 0.4) is 0 Å². The topological polar surface area (TPSA) is 66.9 Å². The zero-order valence-corrected chi connectivity index (χ0v) is 13.2. The zero-order valence-electron chi connectivity index (χ0n) is 10.8. The Morgan fingerprint density at radius 3 is 3.05 bits per heavy atom. The van der Waals surface area contributed by atoms with Crippen LogP contribution in [0.1, 0.15) is 5.56 Å². The molecule has 0 fully saturated rings. The van der Waals surface area contributed by atoms with Crippen LogP contribution in [0.25, 0.3) is 10.2 Å². The number of carbonyl (C=O) groups is 1. The molecule has 21 heavy (non-hydrogen) atoms. The molecule has 0 aliphatic rings. The van der Waals surface area contributed by atoms with E-state index in [1.54, 1.807) is 12.4 Å². The smallest absolute Gasteiger partial charge is 0.321 e. The summed E-state index contributed by atoms with van der Waals surface area (Å²) in [6.45, 7) is 0.427. The van der Waals surface area contributed by atoms with Gasteiger partial charge in [0.25, 0.3) is 0 Å². The molecule has 0 saturated heterocycles. The number of carbonyl (C=O) groups excluding carboxylic acids is 1. The SMILES string of the molecule is O=C(NCc1cccnc1)Nc1nc2ccc(Br)cc2s1. The molecule has 0 aliphatic carbocycles. The number of amides is 2. The monoisotopic (exact) mass is 362 g/mol. The first-order chi connectivity index (χ1) is 10.2. The molecule has 0 unspecified atom stereocenters. The van der Waals surface area contributed by atoms with Crippen LogP contribution >= 0.6 is 27.3 Å². The van der Waals surface area contributed by atoms with Crippen molar-refractivity contribution < 1.29 is 4.79 Å². The minimum absolute atomic E-state index is 0.281. The Balaban J connectivity index is 1.63. The van der Waals surface area contributed by atoms with E-state index in [4.69, 9.17) is 0 Å². The molecule has 2 heterocycles. The summed E-state index contributed by atoms with van der Waals surface area (Å²) in [6.07, 6.45) is 3.42. The van der Waals surface area contributed by atoms with Gasteiger partial charge in [-0.15, -0.1) is 0 Å². The van der Waals surface area contributed by atoms with Gasteiger partial charge >= 0.3 is 6.03 Å². The molecule has 2 amide bonds. The standard InChI is InChI=1S/C14H11BrN4OS/c15-10-3-4-11-12(6-10)21-14(18-11)19-13(20)17-8-9-2-1-5-16-7-9/h1-7H,8H2,(H2,17,18,19,20). The highest BCUT2D eigenvalue weighted by molar-refractivity contribution is 9.10. The summed E-state index contributed by atoms with van der Waals surface area (Å²) in [6, 6.07) is 9.27. The van der Waals surface area contributed by atoms with Crippen molar-refractivity contribution >= 4 is 48.6 Å². The van der Waals surface area contributed by atoms with Crippen LogP contribution in [0, 0.1) is 0 Å². The van der Waals surface area contributed by atoms with E-state index in [0.717, 1.165) is 20.3 Å². The number of hydrogen-bond donors (Lipinski definition) is 2. The molecule has 0 bridgehead atoms. The Morgan fingerprint density at radius 1 is 1.33 bits per heavy atom. The predicted octanol–water partition coefficient (Wildman–Crippen LogP) is 3.78. The Kier molecular flexibility index (Phi) is 4.12. The van der Waals surface area contributed by atoms with Crippen molar-refractivity contribution in [1.29, 1.82) is 0 Å². The maximum atomic E-state index is 11.8. The van der Waals surface area contributed by atoms with Crippen LogP contribution in [-0.2, 0) is 6.54 Å². The Hall–Kier alpha value is -1.99. The minimum Gasteiger partial charge on any atom is -0.334 e. The molecule has 106 valence electrons. The third-order valence-corrected chi connectivity index (χ3v) is 4.17. The minimum atomic E-state index is -0.281. The Bertz CT molecular complexity index is 775. The van der Waals surface area contributed by atoms with E-state index in [9.17, 15) is 4.79 Å². The second-order valence-corrected chi connectivity index (χ2v) is 6.25. The molecular formula is C14H11BrN4OS. The summed E-state index contributed by atoms with van der Waals surface area (Å²) >= 11 is 4.85. The van der Waals surface area contributed by atoms with Crippen molar-refractivity contribution in [2.24, 2.45) is 0 Å². The number of rotatable bonds is 3. The van der Waals surface area contributed by atoms with Gasteiger partial charge in [0.05, 0.1) is 10.2 Å². The number of nitrogens with one attached hydrogen (secondary N) is 2. The maximum Gasteiger partial charge on any atom is 0.321 e. The third-order valence-electron chi connectivity index (χ3n) is 2.75. The fourth-order valence-corrected chi connectivity index (χ4v) is 3.19. The summed E-state index contributed by atoms with van der Waals surface area (Å²) < 4.78 is 2.01. The summed E-state index contributed by atoms with van der Waals surface area (Å²) in [5, 5.41) is 6.09. The van der Waals surface area contributed by atoms with Gasteiger partial charge in [-0.3, -0.25) is 10.3 Å². The second-order valence-electron chi connectivity index (χ2n) is 4.30. The average molecular weight is 363 g/mol. The van der Waals surface area contributed by atoms with Gasteiger partial charge in [-0.1, -0.05) is 33.3 Å². The number of anilines is 1. The van der Waals surface area contributed by atoms with Crippen LogP contribution in [-0.4, -0.2) is 16.0 Å². The molecular weight excluding hydrogens is 352 g/mol. The molecule has 1 aromatic carbocycles. The number of nitrogens with zero attached hydrogens (tertiary/aromatic N) is 2. The molecule has 0 atom stereocenters. The number of thiazole rings is 1. The fraction of sp³-hybridized carbons (Fsp3) is 0.0714. The van der Waals surface area contributed by atoms with E-state index < -0.39 is 0 Å². The van der Waals surface area contributed by atoms with Crippen molar-refractivity contribution in [1.82, 2.24) is 15.3 Å². The van der Waals surface area contributed by atoms with Crippen molar-refractivity contribution in [2.75, 3.05) is 5.32 Å². The first-order valence-electron chi connectivity index (χ1n) is 6.20. The van der Waals surface area contributed by atoms with E-state index in [2.05, 4.69) is 36.5 Å². The highest BCUT2D eigenvalue weighted by atomic mass is 79.9. The number of pyridine rings is 1. The van der Waals surface area contributed by atoms with E-state index in [1.807, 2.05) is 30.3 Å². The first kappa shape index (κ1) is 14.0. The summed E-state index contributed by atoms with van der Waals surface area (Å²) in [7, 11) is 0. The number of halogens is 1. The Labute approximate surface area is 133 Å². The number of hydrogen-bond acceptors (Lipinski definition) is 4. The van der Waals surface area contributed by atoms with Crippen molar-refractivity contribution in [3.8, 4) is 0 Å². The molecule has 2 N–H and O–H groups in total. The normalized spacial score (nSPS) is 10.5. The highest BCUT2D eigenvalue weighted by Crippen LogP contribution is 2.28. The fourth-order valence-electron chi connectivity index (χ4n) is 1.78. The van der Waals surface area contributed by atoms with E-state index in [0.29, 0.717) is 11.7 Å². The van der Waals surface area contributed by atoms with Crippen molar-refractivity contribution in [3.63, 3.8) is 0 Å². The van der Waals surface area contributed by atoms with E-state index in [-0.39, 0.29) is 6.03 Å². The van der Waals surface area contributed by atoms with Crippen LogP contribution in [0.15, 0.2) is 47.2 Å². The molecule has 3 rings (SSSR count). The van der Waals surface area contributed by atoms with Gasteiger partial charge in [0.15, 0.2) is 5.13 Å². The largest absolute Gasteiger partial charge is 0.334 e. The van der Waals surface area contributed by atoms with Gasteiger partial charge in [0, 0.05) is 23.4 Å². The number of urea groups is 1. The number of aromatic nitrogens is 2. The molecule has 0 aliphatic heterocycles. The summed E-state index contributed by atoms with van der Waals surface area (Å²) in [4.78, 5) is 20.2. The van der Waals surface area contributed by atoms with Gasteiger partial charge in [0.1, 0.15) is 0 Å². The Morgan fingerprint density at radius 2 is 2.24 bits per heavy atom. The van der Waals surface area contributed by atoms with Crippen molar-refractivity contribution in [3.05, 3.63) is 52.8 Å². The van der Waals surface area contributed by atoms with Crippen LogP contribution in [0.2, 0.25) is 0 Å². The number of benzene rings is 1. The van der Waals surface area contributed by atoms with E-state index >= 15 is 0 Å². The van der Waals surface area contributed by atoms with Crippen molar-refractivity contribution in [2.45, 2.75) is 6.54 Å². The molecule has 3 aromatic rings. The quantitative estimate of drug-likeness (QED) is 0.744.